The Labute approximate surface area is 124 Å². The molecule has 1 aromatic carbocycles. The highest BCUT2D eigenvalue weighted by atomic mass is 32.2. The van der Waals surface area contributed by atoms with Gasteiger partial charge in [0, 0.05) is 4.88 Å². The SMILES string of the molecule is Cc1ncsc1CNc1cccc(S(N)(=O)=O)c1[N+](=O)[O-]. The van der Waals surface area contributed by atoms with Gasteiger partial charge in [0.05, 0.1) is 22.7 Å². The lowest BCUT2D eigenvalue weighted by molar-refractivity contribution is -0.386. The van der Waals surface area contributed by atoms with Crippen LogP contribution < -0.4 is 10.5 Å². The summed E-state index contributed by atoms with van der Waals surface area (Å²) in [6.07, 6.45) is 0. The maximum absolute atomic E-state index is 11.4. The third kappa shape index (κ3) is 3.35. The van der Waals surface area contributed by atoms with Crippen molar-refractivity contribution in [1.29, 1.82) is 0 Å². The van der Waals surface area contributed by atoms with E-state index in [9.17, 15) is 18.5 Å². The van der Waals surface area contributed by atoms with Gasteiger partial charge in [0.1, 0.15) is 5.69 Å². The lowest BCUT2D eigenvalue weighted by Gasteiger charge is -2.08. The fraction of sp³-hybridized carbons (Fsp3) is 0.182. The highest BCUT2D eigenvalue weighted by molar-refractivity contribution is 7.89. The minimum atomic E-state index is -4.17. The number of nitrogens with two attached hydrogens (primary N) is 1. The zero-order chi connectivity index (χ0) is 15.6. The molecule has 3 N–H and O–H groups in total. The number of aryl methyl sites for hydroxylation is 1. The topological polar surface area (TPSA) is 128 Å². The van der Waals surface area contributed by atoms with Crippen LogP contribution in [0.1, 0.15) is 10.6 Å². The minimum absolute atomic E-state index is 0.0966. The Kier molecular flexibility index (Phi) is 4.21. The Morgan fingerprint density at radius 1 is 1.48 bits per heavy atom. The van der Waals surface area contributed by atoms with Gasteiger partial charge in [-0.25, -0.2) is 18.5 Å². The van der Waals surface area contributed by atoms with Crippen LogP contribution in [0.2, 0.25) is 0 Å². The van der Waals surface area contributed by atoms with Gasteiger partial charge in [-0.3, -0.25) is 10.1 Å². The first-order valence-corrected chi connectivity index (χ1v) is 8.16. The molecule has 0 fully saturated rings. The normalized spacial score (nSPS) is 11.3. The molecule has 0 saturated carbocycles. The summed E-state index contributed by atoms with van der Waals surface area (Å²) in [5, 5.41) is 19.0. The van der Waals surface area contributed by atoms with Crippen LogP contribution in [-0.4, -0.2) is 18.3 Å². The molecule has 21 heavy (non-hydrogen) atoms. The second-order valence-corrected chi connectivity index (χ2v) is 6.64. The zero-order valence-corrected chi connectivity index (χ0v) is 12.6. The number of rotatable bonds is 5. The van der Waals surface area contributed by atoms with E-state index in [0.29, 0.717) is 6.54 Å². The lowest BCUT2D eigenvalue weighted by atomic mass is 10.2. The Hall–Kier alpha value is -2.04. The monoisotopic (exact) mass is 328 g/mol. The first kappa shape index (κ1) is 15.4. The van der Waals surface area contributed by atoms with Crippen LogP contribution in [-0.2, 0) is 16.6 Å². The van der Waals surface area contributed by atoms with Crippen molar-refractivity contribution in [2.75, 3.05) is 5.32 Å². The summed E-state index contributed by atoms with van der Waals surface area (Å²) >= 11 is 1.41. The van der Waals surface area contributed by atoms with Gasteiger partial charge in [0.15, 0.2) is 4.90 Å². The highest BCUT2D eigenvalue weighted by Crippen LogP contribution is 2.31. The van der Waals surface area contributed by atoms with Crippen molar-refractivity contribution >= 4 is 32.7 Å². The summed E-state index contributed by atoms with van der Waals surface area (Å²) < 4.78 is 22.9. The average molecular weight is 328 g/mol. The summed E-state index contributed by atoms with van der Waals surface area (Å²) in [5.41, 5.74) is 2.03. The van der Waals surface area contributed by atoms with Crippen LogP contribution in [0.4, 0.5) is 11.4 Å². The second-order valence-electron chi connectivity index (χ2n) is 4.17. The number of nitrogens with zero attached hydrogens (tertiary/aromatic N) is 2. The van der Waals surface area contributed by atoms with Crippen LogP contribution >= 0.6 is 11.3 Å². The summed E-state index contributed by atoms with van der Waals surface area (Å²) in [5.74, 6) is 0. The van der Waals surface area contributed by atoms with E-state index in [-0.39, 0.29) is 5.69 Å². The predicted molar refractivity (Wildman–Crippen MR) is 78.6 cm³/mol. The van der Waals surface area contributed by atoms with Crippen molar-refractivity contribution in [2.45, 2.75) is 18.4 Å². The number of hydrogen-bond donors (Lipinski definition) is 2. The van der Waals surface area contributed by atoms with Crippen LogP contribution in [0, 0.1) is 17.0 Å². The van der Waals surface area contributed by atoms with Crippen molar-refractivity contribution in [1.82, 2.24) is 4.98 Å². The van der Waals surface area contributed by atoms with Crippen molar-refractivity contribution in [3.8, 4) is 0 Å². The van der Waals surface area contributed by atoms with E-state index in [1.165, 1.54) is 23.5 Å². The van der Waals surface area contributed by atoms with Crippen LogP contribution in [0.15, 0.2) is 28.6 Å². The average Bonchev–Trinajstić information content (AvgIpc) is 2.80. The Bertz CT molecular complexity index is 785. The van der Waals surface area contributed by atoms with Crippen LogP contribution in [0.5, 0.6) is 0 Å². The van der Waals surface area contributed by atoms with Gasteiger partial charge in [-0.2, -0.15) is 0 Å². The molecule has 0 atom stereocenters. The van der Waals surface area contributed by atoms with Crippen molar-refractivity contribution in [3.63, 3.8) is 0 Å². The van der Waals surface area contributed by atoms with Crippen LogP contribution in [0.25, 0.3) is 0 Å². The molecular weight excluding hydrogens is 316 g/mol. The molecule has 0 bridgehead atoms. The van der Waals surface area contributed by atoms with Crippen LogP contribution in [0.3, 0.4) is 0 Å². The molecule has 1 aromatic heterocycles. The molecule has 0 radical (unpaired) electrons. The fourth-order valence-electron chi connectivity index (χ4n) is 1.75. The molecule has 8 nitrogen and oxygen atoms in total. The number of para-hydroxylation sites is 1. The first-order valence-electron chi connectivity index (χ1n) is 5.73. The third-order valence-electron chi connectivity index (χ3n) is 2.77. The second kappa shape index (κ2) is 5.76. The molecule has 10 heteroatoms. The summed E-state index contributed by atoms with van der Waals surface area (Å²) in [4.78, 5) is 14.9. The molecule has 0 unspecified atom stereocenters. The molecule has 0 aliphatic carbocycles. The lowest BCUT2D eigenvalue weighted by Crippen LogP contribution is -2.15. The number of nitro groups is 1. The smallest absolute Gasteiger partial charge is 0.312 e. The molecule has 2 rings (SSSR count). The number of benzene rings is 1. The molecule has 1 heterocycles. The van der Waals surface area contributed by atoms with Gasteiger partial charge in [-0.15, -0.1) is 11.3 Å². The van der Waals surface area contributed by atoms with E-state index in [1.807, 2.05) is 6.92 Å². The third-order valence-corrected chi connectivity index (χ3v) is 4.65. The molecule has 2 aromatic rings. The van der Waals surface area contributed by atoms with E-state index < -0.39 is 25.5 Å². The Morgan fingerprint density at radius 3 is 2.71 bits per heavy atom. The number of anilines is 1. The first-order chi connectivity index (χ1) is 9.80. The summed E-state index contributed by atoms with van der Waals surface area (Å²) in [6, 6.07) is 3.94. The Morgan fingerprint density at radius 2 is 2.19 bits per heavy atom. The van der Waals surface area contributed by atoms with E-state index in [2.05, 4.69) is 10.3 Å². The van der Waals surface area contributed by atoms with E-state index in [0.717, 1.165) is 16.6 Å². The number of aromatic nitrogens is 1. The molecular formula is C11H12N4O4S2. The van der Waals surface area contributed by atoms with Gasteiger partial charge in [0.25, 0.3) is 0 Å². The molecule has 0 aliphatic heterocycles. The Balaban J connectivity index is 2.40. The van der Waals surface area contributed by atoms with E-state index in [1.54, 1.807) is 5.51 Å². The largest absolute Gasteiger partial charge is 0.374 e. The number of hydrogen-bond acceptors (Lipinski definition) is 7. The van der Waals surface area contributed by atoms with E-state index >= 15 is 0 Å². The maximum atomic E-state index is 11.4. The molecule has 0 amide bonds. The molecule has 0 spiro atoms. The summed E-state index contributed by atoms with van der Waals surface area (Å²) in [6.45, 7) is 2.13. The van der Waals surface area contributed by atoms with Crippen molar-refractivity contribution in [3.05, 3.63) is 44.4 Å². The van der Waals surface area contributed by atoms with Crippen molar-refractivity contribution in [2.24, 2.45) is 5.14 Å². The number of primary sulfonamides is 1. The number of nitrogens with one attached hydrogen (secondary N) is 1. The molecule has 0 aliphatic rings. The van der Waals surface area contributed by atoms with Gasteiger partial charge in [0.2, 0.25) is 10.0 Å². The highest BCUT2D eigenvalue weighted by Gasteiger charge is 2.26. The van der Waals surface area contributed by atoms with Gasteiger partial charge in [-0.05, 0) is 19.1 Å². The maximum Gasteiger partial charge on any atom is 0.312 e. The zero-order valence-electron chi connectivity index (χ0n) is 10.9. The minimum Gasteiger partial charge on any atom is -0.374 e. The summed E-state index contributed by atoms with van der Waals surface area (Å²) in [7, 11) is -4.17. The predicted octanol–water partition coefficient (Wildman–Crippen LogP) is 1.62. The number of nitro benzene ring substituents is 1. The fourth-order valence-corrected chi connectivity index (χ4v) is 3.19. The quantitative estimate of drug-likeness (QED) is 0.634. The number of thiazole rings is 1. The van der Waals surface area contributed by atoms with Gasteiger partial charge < -0.3 is 5.32 Å². The number of sulfonamides is 1. The van der Waals surface area contributed by atoms with Crippen molar-refractivity contribution < 1.29 is 13.3 Å². The molecule has 112 valence electrons. The van der Waals surface area contributed by atoms with E-state index in [4.69, 9.17) is 5.14 Å². The van der Waals surface area contributed by atoms with Gasteiger partial charge >= 0.3 is 5.69 Å². The van der Waals surface area contributed by atoms with Gasteiger partial charge in [-0.1, -0.05) is 6.07 Å². The standard InChI is InChI=1S/C11H12N4O4S2/c1-7-9(20-6-14-7)5-13-8-3-2-4-10(21(12,18)19)11(8)15(16)17/h2-4,6,13H,5H2,1H3,(H2,12,18,19). The molecule has 0 saturated heterocycles.